The zero-order valence-electron chi connectivity index (χ0n) is 12.0. The van der Waals surface area contributed by atoms with E-state index >= 15 is 0 Å². The third-order valence-electron chi connectivity index (χ3n) is 3.00. The summed E-state index contributed by atoms with van der Waals surface area (Å²) < 4.78 is 23.0. The summed E-state index contributed by atoms with van der Waals surface area (Å²) in [6.07, 6.45) is 1.97. The van der Waals surface area contributed by atoms with Gasteiger partial charge in [-0.2, -0.15) is 0 Å². The molecule has 112 valence electrons. The van der Waals surface area contributed by atoms with Crippen molar-refractivity contribution in [3.8, 4) is 0 Å². The maximum absolute atomic E-state index is 12.0. The number of sulfone groups is 1. The van der Waals surface area contributed by atoms with Crippen LogP contribution in [0.2, 0.25) is 0 Å². The fraction of sp³-hybridized carbons (Fsp3) is 0.500. The van der Waals surface area contributed by atoms with Crippen molar-refractivity contribution in [1.82, 2.24) is 5.32 Å². The Labute approximate surface area is 119 Å². The average molecular weight is 299 g/mol. The van der Waals surface area contributed by atoms with Gasteiger partial charge in [-0.15, -0.1) is 0 Å². The van der Waals surface area contributed by atoms with Gasteiger partial charge in [-0.05, 0) is 31.0 Å². The van der Waals surface area contributed by atoms with Crippen LogP contribution in [0.15, 0.2) is 23.1 Å². The molecule has 1 unspecified atom stereocenters. The molecule has 5 nitrogen and oxygen atoms in total. The molecule has 1 aromatic rings. The highest BCUT2D eigenvalue weighted by Crippen LogP contribution is 2.15. The van der Waals surface area contributed by atoms with Gasteiger partial charge < -0.3 is 10.4 Å². The summed E-state index contributed by atoms with van der Waals surface area (Å²) >= 11 is 0. The monoisotopic (exact) mass is 299 g/mol. The summed E-state index contributed by atoms with van der Waals surface area (Å²) in [7, 11) is -3.34. The lowest BCUT2D eigenvalue weighted by Crippen LogP contribution is -2.32. The van der Waals surface area contributed by atoms with E-state index in [-0.39, 0.29) is 17.3 Å². The average Bonchev–Trinajstić information content (AvgIpc) is 2.35. The Kier molecular flexibility index (Phi) is 5.71. The molecule has 1 amide bonds. The van der Waals surface area contributed by atoms with Crippen LogP contribution in [-0.4, -0.2) is 38.3 Å². The van der Waals surface area contributed by atoms with E-state index in [1.807, 2.05) is 6.92 Å². The van der Waals surface area contributed by atoms with Gasteiger partial charge in [-0.25, -0.2) is 8.42 Å². The van der Waals surface area contributed by atoms with Crippen LogP contribution >= 0.6 is 0 Å². The fourth-order valence-corrected chi connectivity index (χ4v) is 2.46. The number of hydrogen-bond donors (Lipinski definition) is 2. The van der Waals surface area contributed by atoms with Crippen molar-refractivity contribution in [3.05, 3.63) is 29.3 Å². The maximum Gasteiger partial charge on any atom is 0.251 e. The zero-order chi connectivity index (χ0) is 15.3. The van der Waals surface area contributed by atoms with Crippen LogP contribution in [0.1, 0.15) is 35.7 Å². The molecule has 0 aromatic heterocycles. The quantitative estimate of drug-likeness (QED) is 0.829. The Morgan fingerprint density at radius 2 is 2.05 bits per heavy atom. The van der Waals surface area contributed by atoms with Crippen molar-refractivity contribution < 1.29 is 18.3 Å². The molecule has 0 aliphatic heterocycles. The first-order valence-electron chi connectivity index (χ1n) is 6.52. The Morgan fingerprint density at radius 1 is 1.40 bits per heavy atom. The minimum Gasteiger partial charge on any atom is -0.391 e. The number of carbonyl (C=O) groups is 1. The molecule has 0 saturated heterocycles. The summed E-state index contributed by atoms with van der Waals surface area (Å²) in [5.41, 5.74) is 1.01. The number of carbonyl (C=O) groups excluding carboxylic acids is 1. The van der Waals surface area contributed by atoms with Gasteiger partial charge in [-0.1, -0.05) is 19.4 Å². The Hall–Kier alpha value is -1.40. The number of aliphatic hydroxyl groups is 1. The lowest BCUT2D eigenvalue weighted by atomic mass is 10.1. The molecule has 6 heteroatoms. The van der Waals surface area contributed by atoms with Crippen LogP contribution in [0.3, 0.4) is 0 Å². The third kappa shape index (κ3) is 4.61. The summed E-state index contributed by atoms with van der Waals surface area (Å²) in [6, 6.07) is 4.45. The van der Waals surface area contributed by atoms with E-state index in [9.17, 15) is 18.3 Å². The third-order valence-corrected chi connectivity index (χ3v) is 4.11. The normalized spacial score (nSPS) is 13.0. The molecular weight excluding hydrogens is 278 g/mol. The first kappa shape index (κ1) is 16.7. The Balaban J connectivity index is 2.87. The van der Waals surface area contributed by atoms with Gasteiger partial charge in [0.05, 0.1) is 11.0 Å². The molecule has 1 atom stereocenters. The second-order valence-corrected chi connectivity index (χ2v) is 6.92. The van der Waals surface area contributed by atoms with Gasteiger partial charge in [0.2, 0.25) is 0 Å². The highest BCUT2D eigenvalue weighted by molar-refractivity contribution is 7.90. The minimum absolute atomic E-state index is 0.113. The van der Waals surface area contributed by atoms with Crippen molar-refractivity contribution in [3.63, 3.8) is 0 Å². The standard InChI is InChI=1S/C14H21NO4S/c1-4-5-11(16)9-15-14(17)13-8-12(20(3,18)19)7-6-10(13)2/h6-8,11,16H,4-5,9H2,1-3H3,(H,15,17). The molecular formula is C14H21NO4S. The van der Waals surface area contributed by atoms with E-state index in [4.69, 9.17) is 0 Å². The number of aryl methyl sites for hydroxylation is 1. The van der Waals surface area contributed by atoms with E-state index in [0.717, 1.165) is 12.7 Å². The number of rotatable bonds is 6. The second kappa shape index (κ2) is 6.85. The molecule has 0 heterocycles. The Morgan fingerprint density at radius 3 is 2.60 bits per heavy atom. The van der Waals surface area contributed by atoms with Crippen molar-refractivity contribution in [2.24, 2.45) is 0 Å². The van der Waals surface area contributed by atoms with Gasteiger partial charge in [0.15, 0.2) is 9.84 Å². The molecule has 0 saturated carbocycles. The summed E-state index contributed by atoms with van der Waals surface area (Å²) in [4.78, 5) is 12.1. The van der Waals surface area contributed by atoms with Crippen LogP contribution in [0.25, 0.3) is 0 Å². The SMILES string of the molecule is CCCC(O)CNC(=O)c1cc(S(C)(=O)=O)ccc1C. The number of aliphatic hydroxyl groups excluding tert-OH is 1. The first-order chi connectivity index (χ1) is 9.25. The molecule has 20 heavy (non-hydrogen) atoms. The predicted octanol–water partition coefficient (Wildman–Crippen LogP) is 1.29. The number of benzene rings is 1. The molecule has 2 N–H and O–H groups in total. The number of nitrogens with one attached hydrogen (secondary N) is 1. The van der Waals surface area contributed by atoms with Crippen molar-refractivity contribution in [1.29, 1.82) is 0 Å². The summed E-state index contributed by atoms with van der Waals surface area (Å²) in [6.45, 7) is 3.85. The van der Waals surface area contributed by atoms with Gasteiger partial charge in [0.25, 0.3) is 5.91 Å². The van der Waals surface area contributed by atoms with Gasteiger partial charge in [0, 0.05) is 18.4 Å². The molecule has 0 bridgehead atoms. The molecule has 0 aliphatic carbocycles. The first-order valence-corrected chi connectivity index (χ1v) is 8.41. The molecule has 0 aliphatic rings. The van der Waals surface area contributed by atoms with E-state index in [1.54, 1.807) is 13.0 Å². The predicted molar refractivity (Wildman–Crippen MR) is 77.5 cm³/mol. The zero-order valence-corrected chi connectivity index (χ0v) is 12.8. The van der Waals surface area contributed by atoms with Crippen LogP contribution in [-0.2, 0) is 9.84 Å². The van der Waals surface area contributed by atoms with Gasteiger partial charge in [-0.3, -0.25) is 4.79 Å². The van der Waals surface area contributed by atoms with E-state index in [2.05, 4.69) is 5.32 Å². The molecule has 0 radical (unpaired) electrons. The molecule has 1 rings (SSSR count). The number of amides is 1. The lowest BCUT2D eigenvalue weighted by Gasteiger charge is -2.12. The summed E-state index contributed by atoms with van der Waals surface area (Å²) in [5, 5.41) is 12.2. The fourth-order valence-electron chi connectivity index (χ4n) is 1.82. The van der Waals surface area contributed by atoms with Gasteiger partial charge >= 0.3 is 0 Å². The number of hydrogen-bond acceptors (Lipinski definition) is 4. The highest BCUT2D eigenvalue weighted by atomic mass is 32.2. The van der Waals surface area contributed by atoms with E-state index < -0.39 is 15.9 Å². The van der Waals surface area contributed by atoms with Crippen LogP contribution in [0.4, 0.5) is 0 Å². The van der Waals surface area contributed by atoms with Crippen LogP contribution in [0.5, 0.6) is 0 Å². The van der Waals surface area contributed by atoms with Crippen LogP contribution < -0.4 is 5.32 Å². The highest BCUT2D eigenvalue weighted by Gasteiger charge is 2.15. The van der Waals surface area contributed by atoms with Gasteiger partial charge in [0.1, 0.15) is 0 Å². The minimum atomic E-state index is -3.34. The second-order valence-electron chi connectivity index (χ2n) is 4.90. The lowest BCUT2D eigenvalue weighted by molar-refractivity contribution is 0.0909. The van der Waals surface area contributed by atoms with E-state index in [1.165, 1.54) is 12.1 Å². The molecule has 0 fully saturated rings. The van der Waals surface area contributed by atoms with Crippen molar-refractivity contribution >= 4 is 15.7 Å². The van der Waals surface area contributed by atoms with Crippen molar-refractivity contribution in [2.45, 2.75) is 37.7 Å². The molecule has 1 aromatic carbocycles. The maximum atomic E-state index is 12.0. The molecule has 0 spiro atoms. The largest absolute Gasteiger partial charge is 0.391 e. The topological polar surface area (TPSA) is 83.5 Å². The Bertz CT molecular complexity index is 581. The van der Waals surface area contributed by atoms with Crippen molar-refractivity contribution in [2.75, 3.05) is 12.8 Å². The smallest absolute Gasteiger partial charge is 0.251 e. The summed E-state index contributed by atoms with van der Waals surface area (Å²) in [5.74, 6) is -0.372. The van der Waals surface area contributed by atoms with Crippen LogP contribution in [0, 0.1) is 6.92 Å². The van der Waals surface area contributed by atoms with E-state index in [0.29, 0.717) is 17.5 Å².